The van der Waals surface area contributed by atoms with E-state index in [1.165, 1.54) is 24.3 Å². The van der Waals surface area contributed by atoms with E-state index in [2.05, 4.69) is 0 Å². The molecule has 8 heteroatoms. The summed E-state index contributed by atoms with van der Waals surface area (Å²) in [6, 6.07) is 17.7. The lowest BCUT2D eigenvalue weighted by Crippen LogP contribution is -2.09. The normalized spacial score (nSPS) is 10.7. The Morgan fingerprint density at radius 2 is 0.829 bits per heavy atom. The highest BCUT2D eigenvalue weighted by Gasteiger charge is 2.23. The quantitative estimate of drug-likeness (QED) is 0.182. The molecule has 176 valence electrons. The van der Waals surface area contributed by atoms with Crippen LogP contribution >= 0.6 is 0 Å². The third kappa shape index (κ3) is 4.20. The van der Waals surface area contributed by atoms with Crippen molar-refractivity contribution in [1.82, 2.24) is 0 Å². The number of phenolic OH excluding ortho intramolecular Hbond substituents is 6. The molecule has 8 nitrogen and oxygen atoms in total. The van der Waals surface area contributed by atoms with E-state index in [-0.39, 0.29) is 28.7 Å². The largest absolute Gasteiger partial charge is 0.504 e. The smallest absolute Gasteiger partial charge is 0.201 e. The molecule has 0 aliphatic heterocycles. The van der Waals surface area contributed by atoms with Crippen LogP contribution in [0.5, 0.6) is 34.5 Å². The molecule has 4 rings (SSSR count). The van der Waals surface area contributed by atoms with Gasteiger partial charge in [-0.3, -0.25) is 9.59 Å². The molecule has 0 fully saturated rings. The Balaban J connectivity index is 1.74. The first-order valence-electron chi connectivity index (χ1n) is 10.4. The van der Waals surface area contributed by atoms with Crippen molar-refractivity contribution in [2.24, 2.45) is 0 Å². The molecule has 0 aliphatic carbocycles. The van der Waals surface area contributed by atoms with E-state index in [1.807, 2.05) is 0 Å². The molecule has 0 aromatic heterocycles. The number of carbonyl (C=O) groups excluding carboxylic acids is 2. The highest BCUT2D eigenvalue weighted by Crippen LogP contribution is 2.39. The van der Waals surface area contributed by atoms with Gasteiger partial charge in [-0.05, 0) is 41.8 Å². The van der Waals surface area contributed by atoms with Crippen LogP contribution in [0.25, 0.3) is 0 Å². The van der Waals surface area contributed by atoms with Crippen LogP contribution in [0.4, 0.5) is 0 Å². The minimum Gasteiger partial charge on any atom is -0.504 e. The second-order valence-corrected chi connectivity index (χ2v) is 7.81. The topological polar surface area (TPSA) is 156 Å². The van der Waals surface area contributed by atoms with Gasteiger partial charge >= 0.3 is 0 Å². The van der Waals surface area contributed by atoms with Crippen molar-refractivity contribution in [1.29, 1.82) is 0 Å². The summed E-state index contributed by atoms with van der Waals surface area (Å²) in [5.74, 6) is -5.43. The molecule has 0 unspecified atom stereocenters. The predicted octanol–water partition coefficient (Wildman–Crippen LogP) is 3.97. The van der Waals surface area contributed by atoms with Gasteiger partial charge in [-0.15, -0.1) is 0 Å². The fraction of sp³-hybridized carbons (Fsp3) is 0.0370. The minimum atomic E-state index is -0.804. The summed E-state index contributed by atoms with van der Waals surface area (Å²) in [5.41, 5.74) is 1.04. The molecular weight excluding hydrogens is 452 g/mol. The minimum absolute atomic E-state index is 0.124. The number of hydrogen-bond acceptors (Lipinski definition) is 8. The lowest BCUT2D eigenvalue weighted by molar-refractivity contribution is 0.102. The van der Waals surface area contributed by atoms with Crippen LogP contribution in [0.3, 0.4) is 0 Å². The lowest BCUT2D eigenvalue weighted by Gasteiger charge is -2.14. The molecule has 4 aromatic carbocycles. The molecule has 4 aromatic rings. The Morgan fingerprint density at radius 1 is 0.457 bits per heavy atom. The molecule has 0 atom stereocenters. The first kappa shape index (κ1) is 23.2. The summed E-state index contributed by atoms with van der Waals surface area (Å²) < 4.78 is 0. The molecule has 0 amide bonds. The number of phenols is 6. The summed E-state index contributed by atoms with van der Waals surface area (Å²) in [4.78, 5) is 26.4. The maximum absolute atomic E-state index is 13.2. The van der Waals surface area contributed by atoms with Crippen LogP contribution in [0, 0.1) is 0 Å². The van der Waals surface area contributed by atoms with Gasteiger partial charge in [-0.25, -0.2) is 0 Å². The van der Waals surface area contributed by atoms with Gasteiger partial charge in [0, 0.05) is 11.1 Å². The zero-order valence-electron chi connectivity index (χ0n) is 18.1. The molecular formula is C27H20O8. The second kappa shape index (κ2) is 9.11. The average Bonchev–Trinajstić information content (AvgIpc) is 2.86. The van der Waals surface area contributed by atoms with Crippen molar-refractivity contribution in [2.75, 3.05) is 0 Å². The fourth-order valence-corrected chi connectivity index (χ4v) is 3.79. The van der Waals surface area contributed by atoms with Crippen LogP contribution in [0.2, 0.25) is 0 Å². The molecule has 0 radical (unpaired) electrons. The van der Waals surface area contributed by atoms with Gasteiger partial charge in [0.1, 0.15) is 0 Å². The zero-order chi connectivity index (χ0) is 25.3. The molecule has 0 saturated carbocycles. The van der Waals surface area contributed by atoms with E-state index in [1.54, 1.807) is 36.4 Å². The molecule has 35 heavy (non-hydrogen) atoms. The van der Waals surface area contributed by atoms with E-state index in [9.17, 15) is 40.2 Å². The van der Waals surface area contributed by atoms with Gasteiger partial charge in [0.2, 0.25) is 11.5 Å². The average molecular weight is 472 g/mol. The third-order valence-corrected chi connectivity index (χ3v) is 5.65. The molecule has 6 N–H and O–H groups in total. The van der Waals surface area contributed by atoms with Crippen molar-refractivity contribution in [3.63, 3.8) is 0 Å². The molecule has 0 heterocycles. The van der Waals surface area contributed by atoms with Crippen LogP contribution in [-0.2, 0) is 6.42 Å². The van der Waals surface area contributed by atoms with Crippen molar-refractivity contribution < 1.29 is 40.2 Å². The maximum atomic E-state index is 13.2. The summed E-state index contributed by atoms with van der Waals surface area (Å²) in [5, 5.41) is 59.1. The van der Waals surface area contributed by atoms with E-state index in [0.717, 1.165) is 12.1 Å². The molecule has 0 bridgehead atoms. The Morgan fingerprint density at radius 3 is 1.23 bits per heavy atom. The zero-order valence-corrected chi connectivity index (χ0v) is 18.1. The first-order chi connectivity index (χ1) is 16.7. The Hall–Kier alpha value is -4.98. The third-order valence-electron chi connectivity index (χ3n) is 5.65. The van der Waals surface area contributed by atoms with E-state index in [4.69, 9.17) is 0 Å². The van der Waals surface area contributed by atoms with Gasteiger partial charge in [-0.1, -0.05) is 48.5 Å². The monoisotopic (exact) mass is 472 g/mol. The van der Waals surface area contributed by atoms with E-state index in [0.29, 0.717) is 11.1 Å². The van der Waals surface area contributed by atoms with Crippen molar-refractivity contribution in [2.45, 2.75) is 6.42 Å². The van der Waals surface area contributed by atoms with Gasteiger partial charge in [0.25, 0.3) is 0 Å². The fourth-order valence-electron chi connectivity index (χ4n) is 3.79. The Labute approximate surface area is 199 Å². The van der Waals surface area contributed by atoms with E-state index < -0.39 is 46.1 Å². The number of aromatic hydroxyl groups is 6. The Kier molecular flexibility index (Phi) is 6.03. The van der Waals surface area contributed by atoms with Crippen LogP contribution in [-0.4, -0.2) is 42.2 Å². The summed E-state index contributed by atoms with van der Waals surface area (Å²) in [6.07, 6.45) is 0.124. The lowest BCUT2D eigenvalue weighted by atomic mass is 9.90. The van der Waals surface area contributed by atoms with Crippen LogP contribution in [0.15, 0.2) is 72.8 Å². The number of rotatable bonds is 6. The number of ketones is 2. The van der Waals surface area contributed by atoms with Gasteiger partial charge in [0.05, 0.1) is 11.1 Å². The molecule has 0 saturated heterocycles. The number of carbonyl (C=O) groups is 2. The van der Waals surface area contributed by atoms with Gasteiger partial charge in [0.15, 0.2) is 34.6 Å². The first-order valence-corrected chi connectivity index (χ1v) is 10.4. The SMILES string of the molecule is O=C(c1ccccc1Cc1ccccc1C(=O)c1ccc(O)c(O)c1O)c1ccc(O)c(O)c1O. The highest BCUT2D eigenvalue weighted by atomic mass is 16.3. The van der Waals surface area contributed by atoms with Gasteiger partial charge < -0.3 is 30.6 Å². The molecule has 0 spiro atoms. The van der Waals surface area contributed by atoms with Gasteiger partial charge in [-0.2, -0.15) is 0 Å². The van der Waals surface area contributed by atoms with Crippen molar-refractivity contribution >= 4 is 11.6 Å². The second-order valence-electron chi connectivity index (χ2n) is 7.81. The van der Waals surface area contributed by atoms with Crippen LogP contribution in [0.1, 0.15) is 43.0 Å². The predicted molar refractivity (Wildman–Crippen MR) is 125 cm³/mol. The summed E-state index contributed by atoms with van der Waals surface area (Å²) in [6.45, 7) is 0. The van der Waals surface area contributed by atoms with Crippen LogP contribution < -0.4 is 0 Å². The van der Waals surface area contributed by atoms with E-state index >= 15 is 0 Å². The van der Waals surface area contributed by atoms with Crippen molar-refractivity contribution in [3.8, 4) is 34.5 Å². The Bertz CT molecular complexity index is 1360. The summed E-state index contributed by atoms with van der Waals surface area (Å²) in [7, 11) is 0. The maximum Gasteiger partial charge on any atom is 0.201 e. The number of hydrogen-bond donors (Lipinski definition) is 6. The number of benzene rings is 4. The summed E-state index contributed by atoms with van der Waals surface area (Å²) >= 11 is 0. The highest BCUT2D eigenvalue weighted by molar-refractivity contribution is 6.13. The standard InChI is InChI=1S/C27H20O8/c28-20-11-9-18(24(32)26(20)34)22(30)16-7-3-1-5-14(16)13-15-6-2-4-8-17(15)23(31)19-10-12-21(29)27(35)25(19)33/h1-12,28-29,32-35H,13H2. The molecule has 0 aliphatic rings. The van der Waals surface area contributed by atoms with Crippen molar-refractivity contribution in [3.05, 3.63) is 106 Å².